The molecule has 1 N–H and O–H groups in total. The van der Waals surface area contributed by atoms with Crippen LogP contribution < -0.4 is 0 Å². The quantitative estimate of drug-likeness (QED) is 0.915. The van der Waals surface area contributed by atoms with Crippen molar-refractivity contribution in [3.63, 3.8) is 0 Å². The number of carbonyl (C=O) groups is 1. The third-order valence-electron chi connectivity index (χ3n) is 2.25. The maximum atomic E-state index is 10.8. The lowest BCUT2D eigenvalue weighted by molar-refractivity contribution is 0.0695. The van der Waals surface area contributed by atoms with E-state index < -0.39 is 5.97 Å². The highest BCUT2D eigenvalue weighted by atomic mass is 79.9. The number of carboxylic acid groups (broad SMARTS) is 1. The molecule has 6 heteroatoms. The summed E-state index contributed by atoms with van der Waals surface area (Å²) < 4.78 is 3.09. The topological polar surface area (TPSA) is 55.1 Å². The Morgan fingerprint density at radius 2 is 1.94 bits per heavy atom. The van der Waals surface area contributed by atoms with Crippen LogP contribution in [0.1, 0.15) is 15.9 Å². The van der Waals surface area contributed by atoms with E-state index in [9.17, 15) is 4.79 Å². The molecular formula is C11H8Br2N2O2. The van der Waals surface area contributed by atoms with Crippen molar-refractivity contribution < 1.29 is 9.90 Å². The van der Waals surface area contributed by atoms with Crippen LogP contribution in [0.5, 0.6) is 0 Å². The monoisotopic (exact) mass is 358 g/mol. The van der Waals surface area contributed by atoms with Gasteiger partial charge in [-0.05, 0) is 33.6 Å². The fraction of sp³-hybridized carbons (Fsp3) is 0.0909. The van der Waals surface area contributed by atoms with Gasteiger partial charge in [-0.1, -0.05) is 28.1 Å². The Morgan fingerprint density at radius 3 is 2.47 bits per heavy atom. The van der Waals surface area contributed by atoms with Gasteiger partial charge < -0.3 is 5.11 Å². The molecule has 0 spiro atoms. The molecular weight excluding hydrogens is 352 g/mol. The van der Waals surface area contributed by atoms with Gasteiger partial charge in [0.15, 0.2) is 0 Å². The van der Waals surface area contributed by atoms with Crippen molar-refractivity contribution in [3.05, 3.63) is 50.7 Å². The van der Waals surface area contributed by atoms with Crippen LogP contribution in [-0.2, 0) is 6.54 Å². The lowest BCUT2D eigenvalue weighted by Gasteiger charge is -2.04. The van der Waals surface area contributed by atoms with Gasteiger partial charge in [0, 0.05) is 4.47 Å². The highest BCUT2D eigenvalue weighted by molar-refractivity contribution is 9.10. The number of hydrogen-bond donors (Lipinski definition) is 1. The number of nitrogens with zero attached hydrogens (tertiary/aromatic N) is 2. The first-order valence-corrected chi connectivity index (χ1v) is 6.35. The van der Waals surface area contributed by atoms with Crippen LogP contribution in [0.25, 0.3) is 0 Å². The van der Waals surface area contributed by atoms with E-state index in [2.05, 4.69) is 37.0 Å². The Hall–Kier alpha value is -1.14. The zero-order valence-electron chi connectivity index (χ0n) is 8.60. The zero-order valence-corrected chi connectivity index (χ0v) is 11.8. The van der Waals surface area contributed by atoms with E-state index in [1.807, 2.05) is 24.3 Å². The van der Waals surface area contributed by atoms with Gasteiger partial charge in [0.05, 0.1) is 12.7 Å². The van der Waals surface area contributed by atoms with Crippen LogP contribution in [0.2, 0.25) is 0 Å². The Kier molecular flexibility index (Phi) is 3.63. The predicted molar refractivity (Wildman–Crippen MR) is 70.1 cm³/mol. The van der Waals surface area contributed by atoms with E-state index >= 15 is 0 Å². The lowest BCUT2D eigenvalue weighted by Crippen LogP contribution is -2.03. The molecule has 0 aliphatic rings. The summed E-state index contributed by atoms with van der Waals surface area (Å²) in [6, 6.07) is 7.78. The summed E-state index contributed by atoms with van der Waals surface area (Å²) in [5.41, 5.74) is 1.22. The first kappa shape index (κ1) is 12.3. The van der Waals surface area contributed by atoms with E-state index in [0.29, 0.717) is 11.1 Å². The van der Waals surface area contributed by atoms with E-state index in [-0.39, 0.29) is 5.56 Å². The van der Waals surface area contributed by atoms with Gasteiger partial charge >= 0.3 is 5.97 Å². The Morgan fingerprint density at radius 1 is 1.29 bits per heavy atom. The molecule has 0 aliphatic carbocycles. The molecule has 0 radical (unpaired) electrons. The smallest absolute Gasteiger partial charge is 0.340 e. The van der Waals surface area contributed by atoms with Crippen LogP contribution >= 0.6 is 31.9 Å². The van der Waals surface area contributed by atoms with Gasteiger partial charge in [-0.15, -0.1) is 0 Å². The highest BCUT2D eigenvalue weighted by Crippen LogP contribution is 2.18. The molecule has 2 rings (SSSR count). The number of halogens is 2. The molecule has 1 heterocycles. The maximum Gasteiger partial charge on any atom is 0.340 e. The Bertz CT molecular complexity index is 549. The van der Waals surface area contributed by atoms with Crippen molar-refractivity contribution >= 4 is 37.8 Å². The van der Waals surface area contributed by atoms with Crippen molar-refractivity contribution in [2.24, 2.45) is 0 Å². The Labute approximate surface area is 115 Å². The summed E-state index contributed by atoms with van der Waals surface area (Å²) in [5, 5.41) is 12.9. The number of rotatable bonds is 3. The Balaban J connectivity index is 2.24. The van der Waals surface area contributed by atoms with Crippen molar-refractivity contribution in [1.29, 1.82) is 0 Å². The molecule has 1 aromatic carbocycles. The van der Waals surface area contributed by atoms with Gasteiger partial charge in [0.1, 0.15) is 10.2 Å². The largest absolute Gasteiger partial charge is 0.478 e. The normalized spacial score (nSPS) is 10.5. The third-order valence-corrected chi connectivity index (χ3v) is 3.62. The molecule has 0 unspecified atom stereocenters. The van der Waals surface area contributed by atoms with Crippen molar-refractivity contribution in [2.45, 2.75) is 6.54 Å². The molecule has 2 aromatic rings. The molecule has 0 aliphatic heterocycles. The summed E-state index contributed by atoms with van der Waals surface area (Å²) in [4.78, 5) is 10.8. The molecule has 1 aromatic heterocycles. The fourth-order valence-electron chi connectivity index (χ4n) is 1.39. The van der Waals surface area contributed by atoms with Crippen LogP contribution in [0.4, 0.5) is 0 Å². The predicted octanol–water partition coefficient (Wildman–Crippen LogP) is 3.15. The van der Waals surface area contributed by atoms with Crippen LogP contribution in [-0.4, -0.2) is 20.9 Å². The average molecular weight is 360 g/mol. The molecule has 17 heavy (non-hydrogen) atoms. The maximum absolute atomic E-state index is 10.8. The van der Waals surface area contributed by atoms with E-state index in [1.54, 1.807) is 4.68 Å². The van der Waals surface area contributed by atoms with E-state index in [0.717, 1.165) is 10.0 Å². The van der Waals surface area contributed by atoms with Gasteiger partial charge in [0.2, 0.25) is 0 Å². The highest BCUT2D eigenvalue weighted by Gasteiger charge is 2.14. The average Bonchev–Trinajstić information content (AvgIpc) is 2.64. The number of hydrogen-bond acceptors (Lipinski definition) is 2. The van der Waals surface area contributed by atoms with Gasteiger partial charge in [-0.3, -0.25) is 4.68 Å². The second-order valence-corrected chi connectivity index (χ2v) is 5.11. The SMILES string of the molecule is O=C(O)c1cnn(Cc2ccc(Br)cc2)c1Br. The summed E-state index contributed by atoms with van der Waals surface area (Å²) in [7, 11) is 0. The third kappa shape index (κ3) is 2.76. The fourth-order valence-corrected chi connectivity index (χ4v) is 2.14. The molecule has 4 nitrogen and oxygen atoms in total. The zero-order chi connectivity index (χ0) is 12.4. The van der Waals surface area contributed by atoms with E-state index in [1.165, 1.54) is 6.20 Å². The number of aromatic carboxylic acids is 1. The van der Waals surface area contributed by atoms with Crippen LogP contribution in [0.3, 0.4) is 0 Å². The van der Waals surface area contributed by atoms with Crippen molar-refractivity contribution in [3.8, 4) is 0 Å². The number of aromatic nitrogens is 2. The minimum Gasteiger partial charge on any atom is -0.478 e. The van der Waals surface area contributed by atoms with Crippen molar-refractivity contribution in [1.82, 2.24) is 9.78 Å². The number of benzene rings is 1. The van der Waals surface area contributed by atoms with E-state index in [4.69, 9.17) is 5.11 Å². The molecule has 0 atom stereocenters. The minimum atomic E-state index is -0.987. The second-order valence-electron chi connectivity index (χ2n) is 3.44. The summed E-state index contributed by atoms with van der Waals surface area (Å²) in [5.74, 6) is -0.987. The molecule has 0 bridgehead atoms. The molecule has 0 amide bonds. The molecule has 0 fully saturated rings. The minimum absolute atomic E-state index is 0.169. The van der Waals surface area contributed by atoms with Gasteiger partial charge in [-0.25, -0.2) is 4.79 Å². The summed E-state index contributed by atoms with van der Waals surface area (Å²) >= 11 is 6.59. The number of carboxylic acids is 1. The van der Waals surface area contributed by atoms with Gasteiger partial charge in [0.25, 0.3) is 0 Å². The lowest BCUT2D eigenvalue weighted by atomic mass is 10.2. The first-order chi connectivity index (χ1) is 8.08. The standard InChI is InChI=1S/C11H8Br2N2O2/c12-8-3-1-7(2-4-8)6-15-10(13)9(5-14-15)11(16)17/h1-5H,6H2,(H,16,17). The van der Waals surface area contributed by atoms with Gasteiger partial charge in [-0.2, -0.15) is 5.10 Å². The second kappa shape index (κ2) is 5.01. The summed E-state index contributed by atoms with van der Waals surface area (Å²) in [6.07, 6.45) is 1.34. The first-order valence-electron chi connectivity index (χ1n) is 4.77. The van der Waals surface area contributed by atoms with Crippen LogP contribution in [0.15, 0.2) is 39.5 Å². The van der Waals surface area contributed by atoms with Crippen LogP contribution in [0, 0.1) is 0 Å². The molecule has 0 saturated carbocycles. The summed E-state index contributed by atoms with van der Waals surface area (Å²) in [6.45, 7) is 0.529. The van der Waals surface area contributed by atoms with Crippen molar-refractivity contribution in [2.75, 3.05) is 0 Å². The molecule has 0 saturated heterocycles. The molecule has 88 valence electrons.